The first-order valence-electron chi connectivity index (χ1n) is 9.73. The molecule has 0 bridgehead atoms. The monoisotopic (exact) mass is 429 g/mol. The number of para-hydroxylation sites is 1. The van der Waals surface area contributed by atoms with Crippen LogP contribution < -0.4 is 4.74 Å². The number of carbonyl (C=O) groups is 1. The molecule has 1 aliphatic rings. The summed E-state index contributed by atoms with van der Waals surface area (Å²) in [6.07, 6.45) is -4.51. The van der Waals surface area contributed by atoms with E-state index in [0.717, 1.165) is 5.56 Å². The second-order valence-corrected chi connectivity index (χ2v) is 7.30. The summed E-state index contributed by atoms with van der Waals surface area (Å²) >= 11 is 0. The Hall–Kier alpha value is -2.79. The number of aliphatic hydroxyl groups excluding tert-OH is 3. The van der Waals surface area contributed by atoms with Crippen molar-refractivity contribution >= 4 is 16.9 Å². The number of H-pyrrole nitrogens is 1. The molecule has 2 heterocycles. The molecule has 4 atom stereocenters. The number of hydrogen-bond acceptors (Lipinski definition) is 8. The van der Waals surface area contributed by atoms with Crippen molar-refractivity contribution < 1.29 is 39.4 Å². The average Bonchev–Trinajstić information content (AvgIpc) is 3.28. The Kier molecular flexibility index (Phi) is 6.05. The zero-order chi connectivity index (χ0) is 22.0. The molecular formula is C22H23NO8. The van der Waals surface area contributed by atoms with Gasteiger partial charge in [0, 0.05) is 10.9 Å². The second kappa shape index (κ2) is 8.75. The largest absolute Gasteiger partial charge is 0.422 e. The SMILES string of the molecule is O=C(Oc1c(CO)[nH]c2ccccc12)[C@@H]1O[C@@](O)(CO)[C@H](O)[C@H]1OCc1ccccc1. The minimum atomic E-state index is -2.38. The van der Waals surface area contributed by atoms with E-state index >= 15 is 0 Å². The van der Waals surface area contributed by atoms with E-state index in [1.807, 2.05) is 18.2 Å². The van der Waals surface area contributed by atoms with Crippen LogP contribution in [0.3, 0.4) is 0 Å². The van der Waals surface area contributed by atoms with E-state index < -0.39 is 43.3 Å². The van der Waals surface area contributed by atoms with Crippen molar-refractivity contribution in [3.05, 3.63) is 65.9 Å². The highest BCUT2D eigenvalue weighted by Gasteiger charge is 2.57. The molecule has 0 radical (unpaired) electrons. The number of hydrogen-bond donors (Lipinski definition) is 5. The normalized spacial score (nSPS) is 25.7. The topological polar surface area (TPSA) is 141 Å². The third-order valence-corrected chi connectivity index (χ3v) is 5.24. The molecule has 0 aliphatic carbocycles. The number of aromatic nitrogens is 1. The highest BCUT2D eigenvalue weighted by Crippen LogP contribution is 2.35. The van der Waals surface area contributed by atoms with Gasteiger partial charge in [-0.1, -0.05) is 42.5 Å². The van der Waals surface area contributed by atoms with E-state index in [4.69, 9.17) is 14.2 Å². The van der Waals surface area contributed by atoms with Gasteiger partial charge < -0.3 is 39.6 Å². The minimum Gasteiger partial charge on any atom is -0.422 e. The summed E-state index contributed by atoms with van der Waals surface area (Å²) in [5.74, 6) is -3.21. The smallest absolute Gasteiger partial charge is 0.343 e. The van der Waals surface area contributed by atoms with Gasteiger partial charge >= 0.3 is 5.97 Å². The molecule has 9 nitrogen and oxygen atoms in total. The lowest BCUT2D eigenvalue weighted by Crippen LogP contribution is -2.46. The van der Waals surface area contributed by atoms with E-state index in [-0.39, 0.29) is 18.1 Å². The van der Waals surface area contributed by atoms with Crippen LogP contribution in [0, 0.1) is 0 Å². The van der Waals surface area contributed by atoms with Crippen molar-refractivity contribution in [1.29, 1.82) is 0 Å². The Bertz CT molecular complexity index is 1050. The maximum Gasteiger partial charge on any atom is 0.343 e. The summed E-state index contributed by atoms with van der Waals surface area (Å²) in [7, 11) is 0. The summed E-state index contributed by atoms with van der Waals surface area (Å²) in [5.41, 5.74) is 1.72. The Labute approximate surface area is 177 Å². The predicted octanol–water partition coefficient (Wildman–Crippen LogP) is 0.592. The minimum absolute atomic E-state index is 0.0339. The fourth-order valence-corrected chi connectivity index (χ4v) is 3.60. The van der Waals surface area contributed by atoms with E-state index in [1.54, 1.807) is 36.4 Å². The number of carbonyl (C=O) groups excluding carboxylic acids is 1. The lowest BCUT2D eigenvalue weighted by Gasteiger charge is -2.23. The fraction of sp³-hybridized carbons (Fsp3) is 0.318. The summed E-state index contributed by atoms with van der Waals surface area (Å²) in [6, 6.07) is 16.1. The Morgan fingerprint density at radius 3 is 2.52 bits per heavy atom. The van der Waals surface area contributed by atoms with Crippen LogP contribution in [0.2, 0.25) is 0 Å². The van der Waals surface area contributed by atoms with Crippen LogP contribution >= 0.6 is 0 Å². The second-order valence-electron chi connectivity index (χ2n) is 7.30. The van der Waals surface area contributed by atoms with Crippen molar-refractivity contribution in [3.8, 4) is 5.75 Å². The third kappa shape index (κ3) is 4.07. The number of fused-ring (bicyclic) bond motifs is 1. The number of rotatable bonds is 7. The van der Waals surface area contributed by atoms with Crippen LogP contribution in [0.4, 0.5) is 0 Å². The molecule has 0 spiro atoms. The maximum absolute atomic E-state index is 13.0. The van der Waals surface area contributed by atoms with Crippen LogP contribution in [0.5, 0.6) is 5.75 Å². The van der Waals surface area contributed by atoms with Crippen molar-refractivity contribution in [3.63, 3.8) is 0 Å². The van der Waals surface area contributed by atoms with Crippen LogP contribution in [0.25, 0.3) is 10.9 Å². The first kappa shape index (κ1) is 21.4. The zero-order valence-electron chi connectivity index (χ0n) is 16.5. The molecular weight excluding hydrogens is 406 g/mol. The number of ether oxygens (including phenoxy) is 3. The van der Waals surface area contributed by atoms with E-state index in [9.17, 15) is 25.2 Å². The first-order valence-corrected chi connectivity index (χ1v) is 9.73. The van der Waals surface area contributed by atoms with Gasteiger partial charge in [-0.15, -0.1) is 0 Å². The molecule has 0 saturated carbocycles. The van der Waals surface area contributed by atoms with Gasteiger partial charge in [-0.3, -0.25) is 0 Å². The summed E-state index contributed by atoms with van der Waals surface area (Å²) in [4.78, 5) is 15.9. The highest BCUT2D eigenvalue weighted by molar-refractivity contribution is 5.91. The van der Waals surface area contributed by atoms with Gasteiger partial charge in [0.1, 0.15) is 12.2 Å². The Morgan fingerprint density at radius 2 is 1.81 bits per heavy atom. The van der Waals surface area contributed by atoms with Crippen molar-refractivity contribution in [1.82, 2.24) is 4.98 Å². The molecule has 164 valence electrons. The Morgan fingerprint density at radius 1 is 1.10 bits per heavy atom. The predicted molar refractivity (Wildman–Crippen MR) is 108 cm³/mol. The number of esters is 1. The van der Waals surface area contributed by atoms with Gasteiger partial charge in [0.05, 0.1) is 25.5 Å². The molecule has 4 rings (SSSR count). The van der Waals surface area contributed by atoms with Crippen molar-refractivity contribution in [2.45, 2.75) is 37.3 Å². The third-order valence-electron chi connectivity index (χ3n) is 5.24. The van der Waals surface area contributed by atoms with Gasteiger partial charge in [0.15, 0.2) is 11.9 Å². The fourth-order valence-electron chi connectivity index (χ4n) is 3.60. The average molecular weight is 429 g/mol. The van der Waals surface area contributed by atoms with Crippen molar-refractivity contribution in [2.24, 2.45) is 0 Å². The molecule has 1 fully saturated rings. The maximum atomic E-state index is 13.0. The van der Waals surface area contributed by atoms with Gasteiger partial charge in [-0.25, -0.2) is 4.79 Å². The van der Waals surface area contributed by atoms with E-state index in [0.29, 0.717) is 10.9 Å². The van der Waals surface area contributed by atoms with Gasteiger partial charge in [-0.05, 0) is 17.7 Å². The lowest BCUT2D eigenvalue weighted by atomic mass is 10.1. The number of aliphatic hydroxyl groups is 4. The van der Waals surface area contributed by atoms with E-state index in [1.165, 1.54) is 0 Å². The molecule has 0 amide bonds. The summed E-state index contributed by atoms with van der Waals surface area (Å²) in [5, 5.41) is 40.6. The van der Waals surface area contributed by atoms with Crippen LogP contribution in [-0.4, -0.2) is 62.1 Å². The van der Waals surface area contributed by atoms with Crippen LogP contribution in [0.1, 0.15) is 11.3 Å². The van der Waals surface area contributed by atoms with E-state index in [2.05, 4.69) is 4.98 Å². The number of benzene rings is 2. The molecule has 31 heavy (non-hydrogen) atoms. The van der Waals surface area contributed by atoms with Gasteiger partial charge in [-0.2, -0.15) is 0 Å². The molecule has 1 saturated heterocycles. The van der Waals surface area contributed by atoms with Gasteiger partial charge in [0.25, 0.3) is 0 Å². The molecule has 5 N–H and O–H groups in total. The van der Waals surface area contributed by atoms with Crippen LogP contribution in [0.15, 0.2) is 54.6 Å². The van der Waals surface area contributed by atoms with Crippen molar-refractivity contribution in [2.75, 3.05) is 6.61 Å². The summed E-state index contributed by atoms with van der Waals surface area (Å²) in [6.45, 7) is -1.32. The molecule has 9 heteroatoms. The quantitative estimate of drug-likeness (QED) is 0.344. The van der Waals surface area contributed by atoms with Gasteiger partial charge in [0.2, 0.25) is 5.79 Å². The molecule has 0 unspecified atom stereocenters. The zero-order valence-corrected chi connectivity index (χ0v) is 16.5. The summed E-state index contributed by atoms with van der Waals surface area (Å²) < 4.78 is 16.5. The standard InChI is InChI=1S/C22H23NO8/c24-10-16-17(14-8-4-5-9-15(14)23-16)30-21(27)19-18(20(26)22(28,12-25)31-19)29-11-13-6-2-1-3-7-13/h1-9,18-20,23-26,28H,10-12H2/t18-,19+,20+,22-/m0/s1. The highest BCUT2D eigenvalue weighted by atomic mass is 16.7. The van der Waals surface area contributed by atoms with Crippen LogP contribution in [-0.2, 0) is 27.5 Å². The molecule has 1 aromatic heterocycles. The lowest BCUT2D eigenvalue weighted by molar-refractivity contribution is -0.246. The molecule has 2 aromatic carbocycles. The number of nitrogens with one attached hydrogen (secondary N) is 1. The number of aromatic amines is 1. The first-order chi connectivity index (χ1) is 15.0. The molecule has 1 aliphatic heterocycles. The Balaban J connectivity index is 1.59. The molecule has 3 aromatic rings.